The predicted molar refractivity (Wildman–Crippen MR) is 89.4 cm³/mol. The van der Waals surface area contributed by atoms with Gasteiger partial charge in [-0.25, -0.2) is 12.8 Å². The van der Waals surface area contributed by atoms with Crippen molar-refractivity contribution in [1.29, 1.82) is 0 Å². The van der Waals surface area contributed by atoms with Gasteiger partial charge >= 0.3 is 0 Å². The van der Waals surface area contributed by atoms with E-state index in [2.05, 4.69) is 0 Å². The Morgan fingerprint density at radius 1 is 1.24 bits per heavy atom. The number of halogens is 1. The van der Waals surface area contributed by atoms with Crippen LogP contribution in [0.5, 0.6) is 5.75 Å². The van der Waals surface area contributed by atoms with Gasteiger partial charge in [0, 0.05) is 25.7 Å². The molecule has 9 heteroatoms. The van der Waals surface area contributed by atoms with Crippen molar-refractivity contribution in [3.8, 4) is 5.75 Å². The molecule has 0 spiro atoms. The molecule has 0 unspecified atom stereocenters. The normalized spacial score (nSPS) is 11.6. The average Bonchev–Trinajstić information content (AvgIpc) is 2.55. The van der Waals surface area contributed by atoms with Crippen LogP contribution in [0.4, 0.5) is 10.1 Å². The molecule has 134 valence electrons. The van der Waals surface area contributed by atoms with Crippen molar-refractivity contribution >= 4 is 15.7 Å². The predicted octanol–water partition coefficient (Wildman–Crippen LogP) is 2.87. The van der Waals surface area contributed by atoms with Gasteiger partial charge in [0.1, 0.15) is 0 Å². The Balaban J connectivity index is 2.35. The highest BCUT2D eigenvalue weighted by molar-refractivity contribution is 7.89. The van der Waals surface area contributed by atoms with Crippen molar-refractivity contribution in [1.82, 2.24) is 4.31 Å². The van der Waals surface area contributed by atoms with Crippen LogP contribution in [-0.4, -0.2) is 31.8 Å². The molecule has 0 fully saturated rings. The number of sulfonamides is 1. The maximum Gasteiger partial charge on any atom is 0.270 e. The summed E-state index contributed by atoms with van der Waals surface area (Å²) in [6.07, 6.45) is 0. The molecule has 25 heavy (non-hydrogen) atoms. The molecule has 0 aliphatic heterocycles. The second-order valence-corrected chi connectivity index (χ2v) is 7.45. The zero-order chi connectivity index (χ0) is 18.8. The van der Waals surface area contributed by atoms with Crippen LogP contribution >= 0.6 is 0 Å². The lowest BCUT2D eigenvalue weighted by atomic mass is 10.2. The molecular formula is C16H17FN2O5S. The van der Waals surface area contributed by atoms with Gasteiger partial charge in [0.2, 0.25) is 10.0 Å². The van der Waals surface area contributed by atoms with Crippen molar-refractivity contribution in [3.63, 3.8) is 0 Å². The fraction of sp³-hybridized carbons (Fsp3) is 0.250. The molecule has 0 radical (unpaired) electrons. The van der Waals surface area contributed by atoms with E-state index >= 15 is 0 Å². The Labute approximate surface area is 144 Å². The second kappa shape index (κ2) is 7.16. The number of hydrogen-bond donors (Lipinski definition) is 0. The van der Waals surface area contributed by atoms with Crippen LogP contribution in [0.15, 0.2) is 41.3 Å². The fourth-order valence-corrected chi connectivity index (χ4v) is 3.70. The number of methoxy groups -OCH3 is 1. The standard InChI is InChI=1S/C16H17FN2O5S/c1-11-4-6-13(19(20)21)9-16(11)25(22,23)18(2)10-12-5-7-15(24-3)14(17)8-12/h4-9H,10H2,1-3H3. The highest BCUT2D eigenvalue weighted by Crippen LogP contribution is 2.26. The van der Waals surface area contributed by atoms with Crippen molar-refractivity contribution in [3.05, 3.63) is 63.5 Å². The summed E-state index contributed by atoms with van der Waals surface area (Å²) in [6, 6.07) is 7.79. The van der Waals surface area contributed by atoms with Crippen molar-refractivity contribution < 1.29 is 22.5 Å². The quantitative estimate of drug-likeness (QED) is 0.578. The lowest BCUT2D eigenvalue weighted by Crippen LogP contribution is -2.27. The van der Waals surface area contributed by atoms with E-state index < -0.39 is 20.8 Å². The molecule has 2 aromatic carbocycles. The van der Waals surface area contributed by atoms with Crippen LogP contribution in [0.25, 0.3) is 0 Å². The van der Waals surface area contributed by atoms with E-state index in [1.165, 1.54) is 38.4 Å². The van der Waals surface area contributed by atoms with E-state index in [0.29, 0.717) is 11.1 Å². The molecule has 0 N–H and O–H groups in total. The van der Waals surface area contributed by atoms with Crippen molar-refractivity contribution in [2.75, 3.05) is 14.2 Å². The number of nitro groups is 1. The Bertz CT molecular complexity index is 915. The first kappa shape index (κ1) is 18.8. The third-order valence-corrected chi connectivity index (χ3v) is 5.64. The van der Waals surface area contributed by atoms with E-state index in [4.69, 9.17) is 4.74 Å². The lowest BCUT2D eigenvalue weighted by Gasteiger charge is -2.19. The van der Waals surface area contributed by atoms with Gasteiger partial charge in [-0.05, 0) is 30.2 Å². The van der Waals surface area contributed by atoms with E-state index in [1.807, 2.05) is 0 Å². The largest absolute Gasteiger partial charge is 0.494 e. The summed E-state index contributed by atoms with van der Waals surface area (Å²) in [6.45, 7) is 1.46. The number of rotatable bonds is 6. The third kappa shape index (κ3) is 3.94. The van der Waals surface area contributed by atoms with Crippen LogP contribution in [0.1, 0.15) is 11.1 Å². The molecule has 7 nitrogen and oxygen atoms in total. The zero-order valence-corrected chi connectivity index (χ0v) is 14.7. The summed E-state index contributed by atoms with van der Waals surface area (Å²) < 4.78 is 45.0. The van der Waals surface area contributed by atoms with E-state index in [1.54, 1.807) is 13.0 Å². The molecule has 0 heterocycles. The monoisotopic (exact) mass is 368 g/mol. The van der Waals surface area contributed by atoms with Crippen LogP contribution in [0.3, 0.4) is 0 Å². The molecule has 0 amide bonds. The topological polar surface area (TPSA) is 89.8 Å². The minimum atomic E-state index is -3.98. The maximum atomic E-state index is 13.8. The Kier molecular flexibility index (Phi) is 5.39. The maximum absolute atomic E-state index is 13.8. The lowest BCUT2D eigenvalue weighted by molar-refractivity contribution is -0.385. The molecule has 0 saturated carbocycles. The molecule has 2 rings (SSSR count). The van der Waals surface area contributed by atoms with Gasteiger partial charge in [0.25, 0.3) is 5.69 Å². The average molecular weight is 368 g/mol. The van der Waals surface area contributed by atoms with Gasteiger partial charge in [0.05, 0.1) is 16.9 Å². The fourth-order valence-electron chi connectivity index (χ4n) is 2.30. The summed E-state index contributed by atoms with van der Waals surface area (Å²) in [7, 11) is -1.32. The van der Waals surface area contributed by atoms with Gasteiger partial charge in [-0.2, -0.15) is 4.31 Å². The van der Waals surface area contributed by atoms with Gasteiger partial charge in [-0.15, -0.1) is 0 Å². The first-order chi connectivity index (χ1) is 11.7. The summed E-state index contributed by atoms with van der Waals surface area (Å²) in [5.41, 5.74) is 0.499. The number of non-ortho nitro benzene ring substituents is 1. The van der Waals surface area contributed by atoms with Gasteiger partial charge in [-0.1, -0.05) is 12.1 Å². The van der Waals surface area contributed by atoms with Crippen LogP contribution in [0, 0.1) is 22.9 Å². The zero-order valence-electron chi connectivity index (χ0n) is 13.9. The molecule has 2 aromatic rings. The molecule has 0 atom stereocenters. The Morgan fingerprint density at radius 2 is 1.92 bits per heavy atom. The highest BCUT2D eigenvalue weighted by Gasteiger charge is 2.25. The van der Waals surface area contributed by atoms with Gasteiger partial charge in [-0.3, -0.25) is 10.1 Å². The second-order valence-electron chi connectivity index (χ2n) is 5.44. The summed E-state index contributed by atoms with van der Waals surface area (Å²) in [5, 5.41) is 10.9. The number of benzene rings is 2. The minimum Gasteiger partial charge on any atom is -0.494 e. The number of hydrogen-bond acceptors (Lipinski definition) is 5. The molecule has 0 aliphatic rings. The van der Waals surface area contributed by atoms with Gasteiger partial charge in [0.15, 0.2) is 11.6 Å². The summed E-state index contributed by atoms with van der Waals surface area (Å²) >= 11 is 0. The highest BCUT2D eigenvalue weighted by atomic mass is 32.2. The first-order valence-electron chi connectivity index (χ1n) is 7.20. The number of nitrogens with zero attached hydrogens (tertiary/aromatic N) is 2. The van der Waals surface area contributed by atoms with Crippen LogP contribution < -0.4 is 4.74 Å². The van der Waals surface area contributed by atoms with Crippen molar-refractivity contribution in [2.24, 2.45) is 0 Å². The summed E-state index contributed by atoms with van der Waals surface area (Å²) in [5.74, 6) is -0.541. The SMILES string of the molecule is COc1ccc(CN(C)S(=O)(=O)c2cc([N+](=O)[O-])ccc2C)cc1F. The van der Waals surface area contributed by atoms with E-state index in [0.717, 1.165) is 10.4 Å². The number of ether oxygens (including phenoxy) is 1. The minimum absolute atomic E-state index is 0.0591. The van der Waals surface area contributed by atoms with Crippen molar-refractivity contribution in [2.45, 2.75) is 18.4 Å². The molecule has 0 aromatic heterocycles. The molecule has 0 bridgehead atoms. The van der Waals surface area contributed by atoms with E-state index in [9.17, 15) is 22.9 Å². The number of aryl methyl sites for hydroxylation is 1. The third-order valence-electron chi connectivity index (χ3n) is 3.69. The summed E-state index contributed by atoms with van der Waals surface area (Å²) in [4.78, 5) is 10.1. The van der Waals surface area contributed by atoms with Crippen LogP contribution in [-0.2, 0) is 16.6 Å². The number of nitro benzene ring substituents is 1. The Morgan fingerprint density at radius 3 is 2.48 bits per heavy atom. The first-order valence-corrected chi connectivity index (χ1v) is 8.64. The Hall–Kier alpha value is -2.52. The molecular weight excluding hydrogens is 351 g/mol. The van der Waals surface area contributed by atoms with Crippen LogP contribution in [0.2, 0.25) is 0 Å². The molecule has 0 aliphatic carbocycles. The van der Waals surface area contributed by atoms with Gasteiger partial charge < -0.3 is 4.74 Å². The smallest absolute Gasteiger partial charge is 0.270 e. The van der Waals surface area contributed by atoms with E-state index in [-0.39, 0.29) is 22.9 Å². The molecule has 0 saturated heterocycles.